The number of carbonyl (C=O) groups is 1. The van der Waals surface area contributed by atoms with Gasteiger partial charge in [-0.1, -0.05) is 18.2 Å². The summed E-state index contributed by atoms with van der Waals surface area (Å²) < 4.78 is 40.9. The largest absolute Gasteiger partial charge is 0.483 e. The number of pyridine rings is 1. The van der Waals surface area contributed by atoms with E-state index < -0.39 is 18.7 Å². The topological polar surface area (TPSA) is 97.0 Å². The molecule has 140 valence electrons. The molecule has 2 aromatic heterocycles. The summed E-state index contributed by atoms with van der Waals surface area (Å²) in [6, 6.07) is 9.29. The van der Waals surface area contributed by atoms with Crippen molar-refractivity contribution in [3.05, 3.63) is 64.3 Å². The van der Waals surface area contributed by atoms with Crippen molar-refractivity contribution in [1.29, 1.82) is 0 Å². The lowest BCUT2D eigenvalue weighted by molar-refractivity contribution is -0.153. The van der Waals surface area contributed by atoms with E-state index in [1.54, 1.807) is 24.3 Å². The lowest BCUT2D eigenvalue weighted by atomic mass is 10.1. The Kier molecular flexibility index (Phi) is 5.06. The maximum absolute atomic E-state index is 12.2. The Bertz CT molecular complexity index is 1020. The Balaban J connectivity index is 1.66. The summed E-state index contributed by atoms with van der Waals surface area (Å²) in [5.41, 5.74) is 0.128. The zero-order valence-electron chi connectivity index (χ0n) is 13.7. The van der Waals surface area contributed by atoms with Crippen LogP contribution in [0.15, 0.2) is 47.4 Å². The van der Waals surface area contributed by atoms with Gasteiger partial charge < -0.3 is 10.1 Å². The molecule has 0 saturated heterocycles. The van der Waals surface area contributed by atoms with Crippen molar-refractivity contribution in [2.45, 2.75) is 12.7 Å². The van der Waals surface area contributed by atoms with Gasteiger partial charge in [0.05, 0.1) is 23.8 Å². The average Bonchev–Trinajstić information content (AvgIpc) is 2.66. The molecule has 0 fully saturated rings. The van der Waals surface area contributed by atoms with Crippen LogP contribution in [-0.4, -0.2) is 33.9 Å². The lowest BCUT2D eigenvalue weighted by Crippen LogP contribution is -2.25. The van der Waals surface area contributed by atoms with Gasteiger partial charge in [-0.25, -0.2) is 10.1 Å². The summed E-state index contributed by atoms with van der Waals surface area (Å²) in [5.74, 6) is -0.647. The number of carbonyl (C=O) groups excluding carboxylic acids is 1. The summed E-state index contributed by atoms with van der Waals surface area (Å²) in [5, 5.41) is 9.94. The van der Waals surface area contributed by atoms with E-state index in [1.807, 2.05) is 0 Å². The minimum atomic E-state index is -4.46. The van der Waals surface area contributed by atoms with Crippen LogP contribution < -0.4 is 15.6 Å². The third kappa shape index (κ3) is 4.60. The van der Waals surface area contributed by atoms with E-state index in [9.17, 15) is 22.8 Å². The molecule has 10 heteroatoms. The Labute approximate surface area is 150 Å². The number of nitrogens with zero attached hydrogens (tertiary/aromatic N) is 2. The average molecular weight is 378 g/mol. The van der Waals surface area contributed by atoms with Crippen LogP contribution >= 0.6 is 0 Å². The van der Waals surface area contributed by atoms with E-state index in [2.05, 4.69) is 25.2 Å². The van der Waals surface area contributed by atoms with E-state index in [4.69, 9.17) is 0 Å². The van der Waals surface area contributed by atoms with Crippen molar-refractivity contribution in [2.75, 3.05) is 6.61 Å². The van der Waals surface area contributed by atoms with Gasteiger partial charge in [0.25, 0.3) is 11.5 Å². The van der Waals surface area contributed by atoms with Gasteiger partial charge in [0.2, 0.25) is 0 Å². The summed E-state index contributed by atoms with van der Waals surface area (Å²) in [6.07, 6.45) is -3.42. The summed E-state index contributed by atoms with van der Waals surface area (Å²) in [6.45, 7) is -1.41. The van der Waals surface area contributed by atoms with Crippen molar-refractivity contribution in [3.63, 3.8) is 0 Å². The molecule has 2 N–H and O–H groups in total. The van der Waals surface area contributed by atoms with Crippen LogP contribution in [0.3, 0.4) is 0 Å². The van der Waals surface area contributed by atoms with Gasteiger partial charge in [0, 0.05) is 5.39 Å². The molecule has 0 bridgehead atoms. The number of H-pyrrole nitrogens is 1. The van der Waals surface area contributed by atoms with Crippen molar-refractivity contribution >= 4 is 16.7 Å². The van der Waals surface area contributed by atoms with Gasteiger partial charge in [-0.05, 0) is 18.2 Å². The Morgan fingerprint density at radius 1 is 1.15 bits per heavy atom. The number of alkyl halides is 3. The molecule has 0 saturated carbocycles. The monoisotopic (exact) mass is 378 g/mol. The molecular weight excluding hydrogens is 365 g/mol. The number of hydrogen-bond donors (Lipinski definition) is 2. The molecule has 7 nitrogen and oxygen atoms in total. The molecule has 0 radical (unpaired) electrons. The molecular formula is C17H13F3N4O3. The minimum Gasteiger partial charge on any atom is -0.483 e. The number of rotatable bonds is 5. The number of benzene rings is 1. The lowest BCUT2D eigenvalue weighted by Gasteiger charge is -2.09. The quantitative estimate of drug-likeness (QED) is 0.709. The van der Waals surface area contributed by atoms with Crippen molar-refractivity contribution in [3.8, 4) is 5.75 Å². The Morgan fingerprint density at radius 3 is 2.56 bits per heavy atom. The first-order valence-electron chi connectivity index (χ1n) is 7.73. The van der Waals surface area contributed by atoms with Crippen LogP contribution in [0, 0.1) is 0 Å². The second kappa shape index (κ2) is 7.44. The molecule has 1 aromatic carbocycles. The number of hydrogen-bond acceptors (Lipinski definition) is 5. The van der Waals surface area contributed by atoms with Gasteiger partial charge in [-0.2, -0.15) is 18.3 Å². The van der Waals surface area contributed by atoms with E-state index in [1.165, 1.54) is 12.1 Å². The predicted octanol–water partition coefficient (Wildman–Crippen LogP) is 2.19. The van der Waals surface area contributed by atoms with Crippen molar-refractivity contribution in [1.82, 2.24) is 20.5 Å². The molecule has 1 amide bonds. The minimum absolute atomic E-state index is 0.00286. The van der Waals surface area contributed by atoms with E-state index >= 15 is 0 Å². The zero-order chi connectivity index (χ0) is 19.4. The third-order valence-corrected chi connectivity index (χ3v) is 3.56. The smallest absolute Gasteiger partial charge is 0.422 e. The second-order valence-corrected chi connectivity index (χ2v) is 5.51. The highest BCUT2D eigenvalue weighted by atomic mass is 19.4. The van der Waals surface area contributed by atoms with Gasteiger partial charge in [-0.3, -0.25) is 9.59 Å². The molecule has 0 aliphatic carbocycles. The van der Waals surface area contributed by atoms with E-state index in [-0.39, 0.29) is 23.5 Å². The van der Waals surface area contributed by atoms with Crippen LogP contribution in [0.2, 0.25) is 0 Å². The van der Waals surface area contributed by atoms with Gasteiger partial charge in [-0.15, -0.1) is 0 Å². The zero-order valence-corrected chi connectivity index (χ0v) is 13.7. The first-order chi connectivity index (χ1) is 12.8. The van der Waals surface area contributed by atoms with Gasteiger partial charge >= 0.3 is 6.18 Å². The molecule has 27 heavy (non-hydrogen) atoms. The van der Waals surface area contributed by atoms with E-state index in [0.717, 1.165) is 6.20 Å². The maximum atomic E-state index is 12.2. The number of fused-ring (bicyclic) bond motifs is 1. The van der Waals surface area contributed by atoms with Crippen LogP contribution in [-0.2, 0) is 6.54 Å². The van der Waals surface area contributed by atoms with Crippen LogP contribution in [0.4, 0.5) is 13.2 Å². The molecule has 2 heterocycles. The molecule has 0 aliphatic heterocycles. The van der Waals surface area contributed by atoms with Crippen molar-refractivity contribution in [2.24, 2.45) is 0 Å². The first-order valence-corrected chi connectivity index (χ1v) is 7.73. The van der Waals surface area contributed by atoms with Crippen LogP contribution in [0.1, 0.15) is 16.2 Å². The highest BCUT2D eigenvalue weighted by Crippen LogP contribution is 2.18. The summed E-state index contributed by atoms with van der Waals surface area (Å²) in [7, 11) is 0. The fourth-order valence-corrected chi connectivity index (χ4v) is 2.33. The Morgan fingerprint density at radius 2 is 1.89 bits per heavy atom. The number of amides is 1. The SMILES string of the molecule is O=C(NCc1n[nH]c(=O)c2ccccc12)c1ccc(OCC(F)(F)F)cn1. The number of nitrogens with one attached hydrogen (secondary N) is 2. The maximum Gasteiger partial charge on any atom is 0.422 e. The van der Waals surface area contributed by atoms with Gasteiger partial charge in [0.1, 0.15) is 11.4 Å². The van der Waals surface area contributed by atoms with Crippen molar-refractivity contribution < 1.29 is 22.7 Å². The first kappa shape index (κ1) is 18.4. The third-order valence-electron chi connectivity index (χ3n) is 3.56. The molecule has 0 spiro atoms. The predicted molar refractivity (Wildman–Crippen MR) is 89.3 cm³/mol. The van der Waals surface area contributed by atoms with E-state index in [0.29, 0.717) is 16.5 Å². The fourth-order valence-electron chi connectivity index (χ4n) is 2.33. The molecule has 3 rings (SSSR count). The molecule has 3 aromatic rings. The number of aromatic amines is 1. The Hall–Kier alpha value is -3.43. The highest BCUT2D eigenvalue weighted by molar-refractivity contribution is 5.92. The second-order valence-electron chi connectivity index (χ2n) is 5.51. The number of halogens is 3. The van der Waals surface area contributed by atoms with Crippen LogP contribution in [0.5, 0.6) is 5.75 Å². The summed E-state index contributed by atoms with van der Waals surface area (Å²) >= 11 is 0. The number of ether oxygens (including phenoxy) is 1. The fraction of sp³-hybridized carbons (Fsp3) is 0.176. The normalized spacial score (nSPS) is 11.4. The highest BCUT2D eigenvalue weighted by Gasteiger charge is 2.28. The summed E-state index contributed by atoms with van der Waals surface area (Å²) in [4.78, 5) is 27.7. The standard InChI is InChI=1S/C17H13F3N4O3/c18-17(19,20)9-27-10-5-6-13(21-7-10)16(26)22-8-14-11-3-1-2-4-12(11)15(25)24-23-14/h1-7H,8-9H2,(H,22,26)(H,24,25). The van der Waals surface area contributed by atoms with Gasteiger partial charge in [0.15, 0.2) is 6.61 Å². The molecule has 0 unspecified atom stereocenters. The molecule has 0 atom stereocenters. The molecule has 0 aliphatic rings. The number of aromatic nitrogens is 3. The van der Waals surface area contributed by atoms with Crippen LogP contribution in [0.25, 0.3) is 10.8 Å².